The molecular formula is C13H15N3O2. The zero-order valence-electron chi connectivity index (χ0n) is 10.6. The maximum atomic E-state index is 12.0. The van der Waals surface area contributed by atoms with Crippen molar-refractivity contribution in [1.29, 1.82) is 0 Å². The van der Waals surface area contributed by atoms with Crippen molar-refractivity contribution >= 4 is 11.6 Å². The molecule has 1 amide bonds. The van der Waals surface area contributed by atoms with Gasteiger partial charge in [-0.05, 0) is 37.6 Å². The van der Waals surface area contributed by atoms with E-state index in [9.17, 15) is 4.79 Å². The van der Waals surface area contributed by atoms with E-state index in [4.69, 9.17) is 4.74 Å². The Morgan fingerprint density at radius 2 is 2.11 bits per heavy atom. The molecule has 0 unspecified atom stereocenters. The number of hydrogen-bond acceptors (Lipinski definition) is 3. The van der Waals surface area contributed by atoms with E-state index in [-0.39, 0.29) is 5.91 Å². The molecule has 0 fully saturated rings. The van der Waals surface area contributed by atoms with Crippen molar-refractivity contribution in [1.82, 2.24) is 10.2 Å². The van der Waals surface area contributed by atoms with E-state index in [0.717, 1.165) is 11.3 Å². The summed E-state index contributed by atoms with van der Waals surface area (Å²) in [7, 11) is 1.57. The highest BCUT2D eigenvalue weighted by Gasteiger charge is 2.12. The van der Waals surface area contributed by atoms with Crippen molar-refractivity contribution in [3.05, 3.63) is 41.2 Å². The standard InChI is InChI=1S/C13H15N3O2/c1-8-4-5-12(18-3)10(6-8)14-13(17)11-7-9(2)15-16-11/h4-7H,1-3H3,(H,14,17)(H,15,16). The topological polar surface area (TPSA) is 67.0 Å². The van der Waals surface area contributed by atoms with Crippen molar-refractivity contribution in [2.45, 2.75) is 13.8 Å². The number of carbonyl (C=O) groups is 1. The molecule has 2 rings (SSSR count). The fraction of sp³-hybridized carbons (Fsp3) is 0.231. The number of rotatable bonds is 3. The fourth-order valence-electron chi connectivity index (χ4n) is 1.64. The van der Waals surface area contributed by atoms with Crippen LogP contribution in [0.4, 0.5) is 5.69 Å². The third-order valence-electron chi connectivity index (χ3n) is 2.54. The molecule has 0 radical (unpaired) electrons. The Hall–Kier alpha value is -2.30. The van der Waals surface area contributed by atoms with Gasteiger partial charge in [0.15, 0.2) is 5.69 Å². The van der Waals surface area contributed by atoms with Crippen molar-refractivity contribution in [3.8, 4) is 5.75 Å². The number of methoxy groups -OCH3 is 1. The number of amides is 1. The van der Waals surface area contributed by atoms with Gasteiger partial charge in [-0.25, -0.2) is 0 Å². The van der Waals surface area contributed by atoms with E-state index >= 15 is 0 Å². The second kappa shape index (κ2) is 4.91. The number of anilines is 1. The number of H-pyrrole nitrogens is 1. The van der Waals surface area contributed by atoms with E-state index in [1.54, 1.807) is 13.2 Å². The van der Waals surface area contributed by atoms with Crippen LogP contribution in [0.5, 0.6) is 5.75 Å². The largest absolute Gasteiger partial charge is 0.495 e. The molecule has 2 N–H and O–H groups in total. The van der Waals surface area contributed by atoms with Gasteiger partial charge in [0.2, 0.25) is 0 Å². The second-order valence-electron chi connectivity index (χ2n) is 4.09. The summed E-state index contributed by atoms with van der Waals surface area (Å²) in [5.74, 6) is 0.365. The van der Waals surface area contributed by atoms with Crippen LogP contribution in [0.1, 0.15) is 21.7 Å². The Kier molecular flexibility index (Phi) is 3.32. The Bertz CT molecular complexity index is 575. The fourth-order valence-corrected chi connectivity index (χ4v) is 1.64. The van der Waals surface area contributed by atoms with Gasteiger partial charge in [-0.3, -0.25) is 9.89 Å². The smallest absolute Gasteiger partial charge is 0.276 e. The van der Waals surface area contributed by atoms with Crippen molar-refractivity contribution in [3.63, 3.8) is 0 Å². The van der Waals surface area contributed by atoms with E-state index in [0.29, 0.717) is 17.1 Å². The van der Waals surface area contributed by atoms with Gasteiger partial charge in [0.25, 0.3) is 5.91 Å². The summed E-state index contributed by atoms with van der Waals surface area (Å²) in [6.45, 7) is 3.80. The highest BCUT2D eigenvalue weighted by atomic mass is 16.5. The van der Waals surface area contributed by atoms with Crippen LogP contribution in [0, 0.1) is 13.8 Å². The molecule has 1 aromatic heterocycles. The third-order valence-corrected chi connectivity index (χ3v) is 2.54. The van der Waals surface area contributed by atoms with Crippen LogP contribution in [0.2, 0.25) is 0 Å². The van der Waals surface area contributed by atoms with E-state index in [1.165, 1.54) is 0 Å². The number of benzene rings is 1. The molecular weight excluding hydrogens is 230 g/mol. The minimum Gasteiger partial charge on any atom is -0.495 e. The number of carbonyl (C=O) groups excluding carboxylic acids is 1. The summed E-state index contributed by atoms with van der Waals surface area (Å²) in [5, 5.41) is 9.43. The van der Waals surface area contributed by atoms with Crippen LogP contribution in [-0.4, -0.2) is 23.2 Å². The molecule has 0 saturated heterocycles. The summed E-state index contributed by atoms with van der Waals surface area (Å²) in [6, 6.07) is 7.29. The lowest BCUT2D eigenvalue weighted by molar-refractivity contribution is 0.102. The predicted octanol–water partition coefficient (Wildman–Crippen LogP) is 2.29. The number of nitrogens with zero attached hydrogens (tertiary/aromatic N) is 1. The zero-order chi connectivity index (χ0) is 13.1. The Morgan fingerprint density at radius 1 is 1.33 bits per heavy atom. The molecule has 0 bridgehead atoms. The van der Waals surface area contributed by atoms with Gasteiger partial charge in [0.05, 0.1) is 12.8 Å². The summed E-state index contributed by atoms with van der Waals surface area (Å²) in [6.07, 6.45) is 0. The van der Waals surface area contributed by atoms with Crippen LogP contribution in [0.25, 0.3) is 0 Å². The average Bonchev–Trinajstić information content (AvgIpc) is 2.76. The number of hydrogen-bond donors (Lipinski definition) is 2. The van der Waals surface area contributed by atoms with Gasteiger partial charge >= 0.3 is 0 Å². The molecule has 5 heteroatoms. The molecule has 94 valence electrons. The summed E-state index contributed by atoms with van der Waals surface area (Å²) in [5.41, 5.74) is 2.89. The Balaban J connectivity index is 2.23. The van der Waals surface area contributed by atoms with E-state index < -0.39 is 0 Å². The van der Waals surface area contributed by atoms with E-state index in [2.05, 4.69) is 15.5 Å². The van der Waals surface area contributed by atoms with Crippen LogP contribution in [0.3, 0.4) is 0 Å². The number of aryl methyl sites for hydroxylation is 2. The molecule has 0 atom stereocenters. The van der Waals surface area contributed by atoms with Gasteiger partial charge in [0, 0.05) is 5.69 Å². The lowest BCUT2D eigenvalue weighted by Gasteiger charge is -2.09. The summed E-state index contributed by atoms with van der Waals surface area (Å²) < 4.78 is 5.20. The molecule has 1 heterocycles. The predicted molar refractivity (Wildman–Crippen MR) is 69.0 cm³/mol. The highest BCUT2D eigenvalue weighted by molar-refractivity contribution is 6.03. The molecule has 1 aromatic carbocycles. The maximum Gasteiger partial charge on any atom is 0.276 e. The Morgan fingerprint density at radius 3 is 2.72 bits per heavy atom. The minimum atomic E-state index is -0.261. The number of aromatic amines is 1. The molecule has 0 spiro atoms. The number of nitrogens with one attached hydrogen (secondary N) is 2. The van der Waals surface area contributed by atoms with Crippen LogP contribution in [0.15, 0.2) is 24.3 Å². The molecule has 0 aliphatic carbocycles. The van der Waals surface area contributed by atoms with Gasteiger partial charge in [-0.15, -0.1) is 0 Å². The molecule has 18 heavy (non-hydrogen) atoms. The first-order valence-electron chi connectivity index (χ1n) is 5.58. The normalized spacial score (nSPS) is 10.2. The van der Waals surface area contributed by atoms with Gasteiger partial charge in [-0.2, -0.15) is 5.10 Å². The number of ether oxygens (including phenoxy) is 1. The molecule has 5 nitrogen and oxygen atoms in total. The van der Waals surface area contributed by atoms with Crippen molar-refractivity contribution in [2.75, 3.05) is 12.4 Å². The first-order valence-corrected chi connectivity index (χ1v) is 5.58. The van der Waals surface area contributed by atoms with Crippen molar-refractivity contribution in [2.24, 2.45) is 0 Å². The maximum absolute atomic E-state index is 12.0. The monoisotopic (exact) mass is 245 g/mol. The quantitative estimate of drug-likeness (QED) is 0.871. The first kappa shape index (κ1) is 12.2. The lowest BCUT2D eigenvalue weighted by atomic mass is 10.2. The number of aromatic nitrogens is 2. The zero-order valence-corrected chi connectivity index (χ0v) is 10.6. The average molecular weight is 245 g/mol. The lowest BCUT2D eigenvalue weighted by Crippen LogP contribution is -2.13. The third kappa shape index (κ3) is 2.51. The van der Waals surface area contributed by atoms with Gasteiger partial charge in [-0.1, -0.05) is 6.07 Å². The van der Waals surface area contributed by atoms with Crippen LogP contribution >= 0.6 is 0 Å². The summed E-state index contributed by atoms with van der Waals surface area (Å²) >= 11 is 0. The molecule has 0 saturated carbocycles. The SMILES string of the molecule is COc1ccc(C)cc1NC(=O)c1cc(C)[nH]n1. The molecule has 0 aliphatic rings. The first-order chi connectivity index (χ1) is 8.60. The second-order valence-corrected chi connectivity index (χ2v) is 4.09. The van der Waals surface area contributed by atoms with Crippen LogP contribution < -0.4 is 10.1 Å². The van der Waals surface area contributed by atoms with Gasteiger partial charge in [0.1, 0.15) is 5.75 Å². The Labute approximate surface area is 105 Å². The van der Waals surface area contributed by atoms with Crippen molar-refractivity contribution < 1.29 is 9.53 Å². The highest BCUT2D eigenvalue weighted by Crippen LogP contribution is 2.25. The van der Waals surface area contributed by atoms with Crippen LogP contribution in [-0.2, 0) is 0 Å². The molecule has 0 aliphatic heterocycles. The van der Waals surface area contributed by atoms with Gasteiger partial charge < -0.3 is 10.1 Å². The van der Waals surface area contributed by atoms with E-state index in [1.807, 2.05) is 32.0 Å². The minimum absolute atomic E-state index is 0.261. The summed E-state index contributed by atoms with van der Waals surface area (Å²) in [4.78, 5) is 12.0. The molecule has 2 aromatic rings.